The summed E-state index contributed by atoms with van der Waals surface area (Å²) in [5, 5.41) is 8.16. The number of para-hydroxylation sites is 1. The van der Waals surface area contributed by atoms with Crippen molar-refractivity contribution in [2.45, 2.75) is 24.1 Å². The first kappa shape index (κ1) is 32.1. The zero-order valence-corrected chi connectivity index (χ0v) is 23.6. The van der Waals surface area contributed by atoms with Crippen LogP contribution in [0, 0.1) is 17.5 Å². The highest BCUT2D eigenvalue weighted by atomic mass is 19.1. The number of benzene rings is 3. The number of nitrogens with one attached hydrogen (secondary N) is 3. The minimum Gasteiger partial charge on any atom is -0.486 e. The van der Waals surface area contributed by atoms with E-state index in [0.717, 1.165) is 13.2 Å². The van der Waals surface area contributed by atoms with Crippen molar-refractivity contribution in [1.82, 2.24) is 10.6 Å². The maximum Gasteiger partial charge on any atom is 0.407 e. The fraction of sp³-hybridized carbons (Fsp3) is 0.300. The van der Waals surface area contributed by atoms with Crippen molar-refractivity contribution < 1.29 is 46.5 Å². The maximum atomic E-state index is 15.0. The van der Waals surface area contributed by atoms with Crippen LogP contribution in [-0.4, -0.2) is 69.8 Å². The number of methoxy groups -OCH3 is 1. The summed E-state index contributed by atoms with van der Waals surface area (Å²) in [6.07, 6.45) is -2.38. The molecule has 0 aliphatic carbocycles. The average Bonchev–Trinajstić information content (AvgIpc) is 3.00. The summed E-state index contributed by atoms with van der Waals surface area (Å²) in [7, 11) is 1.10. The number of rotatable bonds is 11. The van der Waals surface area contributed by atoms with E-state index in [4.69, 9.17) is 24.7 Å². The van der Waals surface area contributed by atoms with Gasteiger partial charge in [0.05, 0.1) is 25.4 Å². The number of carbonyl (C=O) groups excluding carboxylic acids is 3. The van der Waals surface area contributed by atoms with Gasteiger partial charge in [0, 0.05) is 12.5 Å². The van der Waals surface area contributed by atoms with Gasteiger partial charge in [0.25, 0.3) is 0 Å². The molecule has 3 aromatic carbocycles. The quantitative estimate of drug-likeness (QED) is 0.256. The molecule has 0 spiro atoms. The fourth-order valence-electron chi connectivity index (χ4n) is 4.64. The van der Waals surface area contributed by atoms with Gasteiger partial charge >= 0.3 is 12.2 Å². The molecular weight excluding hydrogens is 585 g/mol. The number of primary amides is 1. The number of anilines is 1. The molecule has 3 amide bonds. The van der Waals surface area contributed by atoms with Gasteiger partial charge < -0.3 is 40.6 Å². The summed E-state index contributed by atoms with van der Waals surface area (Å²) in [4.78, 5) is 37.0. The van der Waals surface area contributed by atoms with E-state index < -0.39 is 53.6 Å². The molecule has 1 heterocycles. The number of amides is 3. The Hall–Kier alpha value is -4.82. The Balaban J connectivity index is 1.56. The van der Waals surface area contributed by atoms with Gasteiger partial charge in [0.1, 0.15) is 37.0 Å². The van der Waals surface area contributed by atoms with E-state index in [1.807, 2.05) is 0 Å². The zero-order chi connectivity index (χ0) is 31.6. The van der Waals surface area contributed by atoms with Crippen LogP contribution in [0.3, 0.4) is 0 Å². The molecule has 234 valence electrons. The van der Waals surface area contributed by atoms with Crippen molar-refractivity contribution >= 4 is 23.8 Å². The number of ether oxygens (including phenoxy) is 4. The molecule has 1 saturated heterocycles. The molecule has 0 radical (unpaired) electrons. The molecule has 1 aliphatic rings. The normalized spacial score (nSPS) is 17.5. The summed E-state index contributed by atoms with van der Waals surface area (Å²) < 4.78 is 64.0. The number of hydrogen-bond donors (Lipinski definition) is 4. The first-order chi connectivity index (χ1) is 21.1. The summed E-state index contributed by atoms with van der Waals surface area (Å²) in [6.45, 7) is 0.377. The number of carbonyl (C=O) groups is 3. The fourth-order valence-corrected chi connectivity index (χ4v) is 4.64. The van der Waals surface area contributed by atoms with Crippen LogP contribution in [0.15, 0.2) is 66.7 Å². The lowest BCUT2D eigenvalue weighted by molar-refractivity contribution is -0.118. The van der Waals surface area contributed by atoms with E-state index in [2.05, 4.69) is 16.0 Å². The van der Waals surface area contributed by atoms with E-state index in [0.29, 0.717) is 17.7 Å². The molecule has 1 fully saturated rings. The Kier molecular flexibility index (Phi) is 11.0. The van der Waals surface area contributed by atoms with Crippen molar-refractivity contribution in [3.63, 3.8) is 0 Å². The summed E-state index contributed by atoms with van der Waals surface area (Å²) in [5.41, 5.74) is 5.60. The summed E-state index contributed by atoms with van der Waals surface area (Å²) in [6, 6.07) is 12.7. The second-order valence-corrected chi connectivity index (χ2v) is 9.81. The lowest BCUT2D eigenvalue weighted by Gasteiger charge is -2.30. The lowest BCUT2D eigenvalue weighted by Crippen LogP contribution is -2.50. The zero-order valence-electron chi connectivity index (χ0n) is 23.6. The molecule has 3 aromatic rings. The van der Waals surface area contributed by atoms with E-state index >= 15 is 0 Å². The second-order valence-electron chi connectivity index (χ2n) is 9.81. The molecule has 0 saturated carbocycles. The number of morpholine rings is 1. The lowest BCUT2D eigenvalue weighted by atomic mass is 9.84. The number of nitrogens with two attached hydrogens (primary N) is 1. The van der Waals surface area contributed by atoms with Crippen LogP contribution in [0.25, 0.3) is 0 Å². The molecule has 11 nitrogen and oxygen atoms in total. The summed E-state index contributed by atoms with van der Waals surface area (Å²) >= 11 is 0. The van der Waals surface area contributed by atoms with Gasteiger partial charge in [-0.05, 0) is 47.5 Å². The largest absolute Gasteiger partial charge is 0.486 e. The highest BCUT2D eigenvalue weighted by molar-refractivity contribution is 5.98. The summed E-state index contributed by atoms with van der Waals surface area (Å²) in [5.74, 6) is -4.05. The van der Waals surface area contributed by atoms with Gasteiger partial charge in [-0.2, -0.15) is 0 Å². The van der Waals surface area contributed by atoms with Crippen molar-refractivity contribution in [3.8, 4) is 5.75 Å². The monoisotopic (exact) mass is 616 g/mol. The average molecular weight is 617 g/mol. The van der Waals surface area contributed by atoms with Crippen LogP contribution in [0.4, 0.5) is 28.4 Å². The van der Waals surface area contributed by atoms with Crippen LogP contribution in [0.2, 0.25) is 0 Å². The molecule has 4 atom stereocenters. The highest BCUT2D eigenvalue weighted by Crippen LogP contribution is 2.32. The first-order valence-corrected chi connectivity index (χ1v) is 13.5. The highest BCUT2D eigenvalue weighted by Gasteiger charge is 2.34. The minimum atomic E-state index is -1.43. The topological polar surface area (TPSA) is 150 Å². The van der Waals surface area contributed by atoms with Gasteiger partial charge in [0.15, 0.2) is 11.6 Å². The Bertz CT molecular complexity index is 1450. The van der Waals surface area contributed by atoms with Crippen LogP contribution in [-0.2, 0) is 19.0 Å². The Morgan fingerprint density at radius 3 is 2.41 bits per heavy atom. The van der Waals surface area contributed by atoms with Crippen LogP contribution < -0.4 is 26.4 Å². The molecule has 4 rings (SSSR count). The van der Waals surface area contributed by atoms with E-state index in [1.54, 1.807) is 6.07 Å². The van der Waals surface area contributed by atoms with Crippen LogP contribution >= 0.6 is 0 Å². The molecule has 0 unspecified atom stereocenters. The Morgan fingerprint density at radius 2 is 1.75 bits per heavy atom. The minimum absolute atomic E-state index is 0.0156. The maximum absolute atomic E-state index is 15.0. The van der Waals surface area contributed by atoms with E-state index in [1.165, 1.54) is 54.6 Å². The van der Waals surface area contributed by atoms with Gasteiger partial charge in [-0.3, -0.25) is 4.79 Å². The first-order valence-electron chi connectivity index (χ1n) is 13.5. The molecular formula is C30H31F3N4O7. The predicted molar refractivity (Wildman–Crippen MR) is 152 cm³/mol. The number of hydrogen-bond acceptors (Lipinski definition) is 8. The van der Waals surface area contributed by atoms with Crippen molar-refractivity contribution in [3.05, 3.63) is 95.3 Å². The van der Waals surface area contributed by atoms with Gasteiger partial charge in [-0.1, -0.05) is 30.3 Å². The van der Waals surface area contributed by atoms with E-state index in [-0.39, 0.29) is 37.3 Å². The van der Waals surface area contributed by atoms with Crippen molar-refractivity contribution in [2.75, 3.05) is 38.8 Å². The molecule has 0 aromatic heterocycles. The third-order valence-electron chi connectivity index (χ3n) is 6.74. The van der Waals surface area contributed by atoms with Crippen molar-refractivity contribution in [1.29, 1.82) is 0 Å². The van der Waals surface area contributed by atoms with Crippen molar-refractivity contribution in [2.24, 2.45) is 5.73 Å². The van der Waals surface area contributed by atoms with Crippen LogP contribution in [0.5, 0.6) is 5.75 Å². The molecule has 44 heavy (non-hydrogen) atoms. The number of alkyl carbamates (subject to hydrolysis) is 1. The third-order valence-corrected chi connectivity index (χ3v) is 6.74. The predicted octanol–water partition coefficient (Wildman–Crippen LogP) is 3.43. The smallest absolute Gasteiger partial charge is 0.407 e. The molecule has 14 heteroatoms. The van der Waals surface area contributed by atoms with E-state index in [9.17, 15) is 27.6 Å². The molecule has 0 bridgehead atoms. The molecule has 5 N–H and O–H groups in total. The van der Waals surface area contributed by atoms with Gasteiger partial charge in [-0.25, -0.2) is 22.8 Å². The van der Waals surface area contributed by atoms with Gasteiger partial charge in [-0.15, -0.1) is 0 Å². The van der Waals surface area contributed by atoms with Gasteiger partial charge in [0.2, 0.25) is 5.91 Å². The number of halogens is 3. The van der Waals surface area contributed by atoms with Crippen LogP contribution in [0.1, 0.15) is 17.0 Å². The Labute approximate surface area is 250 Å². The SMILES string of the molecule is COC(=O)N[C@H](C(=O)Nc1cccc(F)c1OC[C@@H]1CN[C@H](COC(N)=O)CO1)[C@@H](c1ccc(F)cc1)c1cccc(F)c1. The third kappa shape index (κ3) is 8.61. The Morgan fingerprint density at radius 1 is 1.00 bits per heavy atom. The molecule has 1 aliphatic heterocycles. The second kappa shape index (κ2) is 15.1. The standard InChI is InChI=1S/C30H31F3N4O7/c1-41-30(40)37-26(25(17-8-10-19(31)11-9-17)18-4-2-5-20(32)12-18)28(38)36-24-7-3-6-23(33)27(24)43-16-22-13-35-21(14-42-22)15-44-29(34)39/h2-12,21-22,25-26,35H,13-16H2,1H3,(H2,34,39)(H,36,38)(H,37,40)/t21-,22-,25-,26-/m0/s1.